The number of hydrogen-bond acceptors (Lipinski definition) is 3. The molecule has 0 radical (unpaired) electrons. The third-order valence-electron chi connectivity index (χ3n) is 3.09. The molecule has 4 heteroatoms. The number of carboxylic acids is 1. The third kappa shape index (κ3) is 3.91. The summed E-state index contributed by atoms with van der Waals surface area (Å²) >= 11 is 1.68. The van der Waals surface area contributed by atoms with Crippen LogP contribution in [0.5, 0.6) is 0 Å². The molecule has 1 aromatic carbocycles. The van der Waals surface area contributed by atoms with Crippen molar-refractivity contribution >= 4 is 17.3 Å². The minimum atomic E-state index is -0.809. The van der Waals surface area contributed by atoms with Crippen LogP contribution in [0.15, 0.2) is 41.8 Å². The Morgan fingerprint density at radius 3 is 2.63 bits per heavy atom. The number of benzene rings is 1. The second-order valence-electron chi connectivity index (χ2n) is 4.46. The summed E-state index contributed by atoms with van der Waals surface area (Å²) in [6, 6.07) is 11.2. The van der Waals surface area contributed by atoms with E-state index in [0.717, 1.165) is 5.56 Å². The fourth-order valence-corrected chi connectivity index (χ4v) is 2.65. The van der Waals surface area contributed by atoms with E-state index in [4.69, 9.17) is 0 Å². The normalized spacial score (nSPS) is 12.3. The first-order valence-electron chi connectivity index (χ1n) is 6.20. The molecule has 0 saturated heterocycles. The van der Waals surface area contributed by atoms with Gasteiger partial charge in [0.15, 0.2) is 0 Å². The van der Waals surface area contributed by atoms with Crippen LogP contribution in [0.1, 0.15) is 16.0 Å². The van der Waals surface area contributed by atoms with Crippen molar-refractivity contribution in [3.63, 3.8) is 0 Å². The molecule has 1 heterocycles. The largest absolute Gasteiger partial charge is 0.480 e. The van der Waals surface area contributed by atoms with Crippen molar-refractivity contribution in [2.45, 2.75) is 25.9 Å². The van der Waals surface area contributed by atoms with Crippen LogP contribution in [-0.2, 0) is 17.8 Å². The predicted octanol–water partition coefficient (Wildman–Crippen LogP) is 2.84. The molecule has 1 atom stereocenters. The molecule has 2 rings (SSSR count). The molecule has 0 fully saturated rings. The summed E-state index contributed by atoms with van der Waals surface area (Å²) in [5.41, 5.74) is 2.20. The molecule has 19 heavy (non-hydrogen) atoms. The highest BCUT2D eigenvalue weighted by atomic mass is 32.1. The summed E-state index contributed by atoms with van der Waals surface area (Å²) in [5, 5.41) is 14.4. The fraction of sp³-hybridized carbons (Fsp3) is 0.267. The lowest BCUT2D eigenvalue weighted by molar-refractivity contribution is -0.139. The molecule has 0 spiro atoms. The van der Waals surface area contributed by atoms with E-state index in [-0.39, 0.29) is 0 Å². The first-order valence-corrected chi connectivity index (χ1v) is 7.08. The van der Waals surface area contributed by atoms with Crippen molar-refractivity contribution in [3.8, 4) is 0 Å². The number of carbonyl (C=O) groups is 1. The van der Waals surface area contributed by atoms with Crippen LogP contribution < -0.4 is 5.32 Å². The molecule has 2 N–H and O–H groups in total. The van der Waals surface area contributed by atoms with Gasteiger partial charge in [0.25, 0.3) is 0 Å². The van der Waals surface area contributed by atoms with Crippen molar-refractivity contribution in [2.24, 2.45) is 0 Å². The smallest absolute Gasteiger partial charge is 0.321 e. The fourth-order valence-electron chi connectivity index (χ4n) is 1.92. The molecule has 0 aliphatic carbocycles. The molecule has 0 aliphatic heterocycles. The zero-order valence-electron chi connectivity index (χ0n) is 10.8. The van der Waals surface area contributed by atoms with Gasteiger partial charge < -0.3 is 5.11 Å². The van der Waals surface area contributed by atoms with Crippen LogP contribution in [0.25, 0.3) is 0 Å². The second-order valence-corrected chi connectivity index (χ2v) is 5.58. The number of aryl methyl sites for hydroxylation is 1. The predicted molar refractivity (Wildman–Crippen MR) is 77.5 cm³/mol. The van der Waals surface area contributed by atoms with E-state index < -0.39 is 12.0 Å². The van der Waals surface area contributed by atoms with Gasteiger partial charge in [-0.2, -0.15) is 0 Å². The Labute approximate surface area is 116 Å². The molecular formula is C15H17NO2S. The number of carboxylic acid groups (broad SMARTS) is 1. The van der Waals surface area contributed by atoms with E-state index in [9.17, 15) is 9.90 Å². The van der Waals surface area contributed by atoms with Gasteiger partial charge in [-0.3, -0.25) is 10.1 Å². The van der Waals surface area contributed by atoms with Gasteiger partial charge >= 0.3 is 5.97 Å². The van der Waals surface area contributed by atoms with E-state index in [1.807, 2.05) is 41.8 Å². The molecule has 0 amide bonds. The summed E-state index contributed by atoms with van der Waals surface area (Å²) in [7, 11) is 0. The Hall–Kier alpha value is -1.65. The topological polar surface area (TPSA) is 49.3 Å². The van der Waals surface area contributed by atoms with Crippen LogP contribution in [0.4, 0.5) is 0 Å². The number of rotatable bonds is 6. The van der Waals surface area contributed by atoms with Crippen LogP contribution >= 0.6 is 11.3 Å². The molecule has 0 bridgehead atoms. The maximum Gasteiger partial charge on any atom is 0.321 e. The van der Waals surface area contributed by atoms with E-state index in [2.05, 4.69) is 12.2 Å². The summed E-state index contributed by atoms with van der Waals surface area (Å²) < 4.78 is 0. The molecule has 0 saturated carbocycles. The quantitative estimate of drug-likeness (QED) is 0.852. The Morgan fingerprint density at radius 1 is 1.32 bits per heavy atom. The number of nitrogens with one attached hydrogen (secondary N) is 1. The van der Waals surface area contributed by atoms with E-state index in [1.165, 1.54) is 10.4 Å². The van der Waals surface area contributed by atoms with Gasteiger partial charge in [0, 0.05) is 11.4 Å². The Kier molecular flexibility index (Phi) is 4.71. The number of hydrogen-bond donors (Lipinski definition) is 2. The van der Waals surface area contributed by atoms with E-state index >= 15 is 0 Å². The molecule has 100 valence electrons. The van der Waals surface area contributed by atoms with Crippen molar-refractivity contribution in [3.05, 3.63) is 57.8 Å². The highest BCUT2D eigenvalue weighted by Crippen LogP contribution is 2.15. The summed E-state index contributed by atoms with van der Waals surface area (Å²) in [4.78, 5) is 12.5. The third-order valence-corrected chi connectivity index (χ3v) is 3.97. The summed E-state index contributed by atoms with van der Waals surface area (Å²) in [6.07, 6.45) is 0.499. The zero-order valence-corrected chi connectivity index (χ0v) is 11.6. The van der Waals surface area contributed by atoms with Crippen molar-refractivity contribution in [2.75, 3.05) is 0 Å². The van der Waals surface area contributed by atoms with Crippen LogP contribution in [0.2, 0.25) is 0 Å². The van der Waals surface area contributed by atoms with Crippen LogP contribution in [0.3, 0.4) is 0 Å². The lowest BCUT2D eigenvalue weighted by atomic mass is 10.1. The van der Waals surface area contributed by atoms with Gasteiger partial charge in [-0.05, 0) is 35.9 Å². The molecule has 0 unspecified atom stereocenters. The molecule has 2 aromatic rings. The van der Waals surface area contributed by atoms with Gasteiger partial charge in [0.05, 0.1) is 0 Å². The number of thiophene rings is 1. The summed E-state index contributed by atoms with van der Waals surface area (Å²) in [6.45, 7) is 2.65. The van der Waals surface area contributed by atoms with E-state index in [0.29, 0.717) is 13.0 Å². The first kappa shape index (κ1) is 13.8. The SMILES string of the molecule is Cc1sccc1CN[C@@H](Cc1ccccc1)C(=O)O. The molecular weight excluding hydrogens is 258 g/mol. The van der Waals surface area contributed by atoms with E-state index in [1.54, 1.807) is 11.3 Å². The average Bonchev–Trinajstić information content (AvgIpc) is 2.81. The lowest BCUT2D eigenvalue weighted by Gasteiger charge is -2.14. The first-order chi connectivity index (χ1) is 9.16. The average molecular weight is 275 g/mol. The van der Waals surface area contributed by atoms with Gasteiger partial charge in [-0.25, -0.2) is 0 Å². The monoisotopic (exact) mass is 275 g/mol. The van der Waals surface area contributed by atoms with Gasteiger partial charge in [0.2, 0.25) is 0 Å². The Morgan fingerprint density at radius 2 is 2.05 bits per heavy atom. The molecule has 1 aromatic heterocycles. The van der Waals surface area contributed by atoms with Crippen molar-refractivity contribution < 1.29 is 9.90 Å². The zero-order chi connectivity index (χ0) is 13.7. The second kappa shape index (κ2) is 6.50. The lowest BCUT2D eigenvalue weighted by Crippen LogP contribution is -2.38. The highest BCUT2D eigenvalue weighted by molar-refractivity contribution is 7.10. The van der Waals surface area contributed by atoms with Gasteiger partial charge in [-0.1, -0.05) is 30.3 Å². The van der Waals surface area contributed by atoms with Gasteiger partial charge in [0.1, 0.15) is 6.04 Å². The highest BCUT2D eigenvalue weighted by Gasteiger charge is 2.17. The maximum atomic E-state index is 11.3. The molecule has 3 nitrogen and oxygen atoms in total. The van der Waals surface area contributed by atoms with Gasteiger partial charge in [-0.15, -0.1) is 11.3 Å². The maximum absolute atomic E-state index is 11.3. The van der Waals surface area contributed by atoms with Crippen molar-refractivity contribution in [1.82, 2.24) is 5.32 Å². The standard InChI is InChI=1S/C15H17NO2S/c1-11-13(7-8-19-11)10-16-14(15(17)18)9-12-5-3-2-4-6-12/h2-8,14,16H,9-10H2,1H3,(H,17,18)/t14-/m0/s1. The Balaban J connectivity index is 1.97. The van der Waals surface area contributed by atoms with Crippen LogP contribution in [0, 0.1) is 6.92 Å². The minimum absolute atomic E-state index is 0.499. The number of aliphatic carboxylic acids is 1. The van der Waals surface area contributed by atoms with Crippen LogP contribution in [-0.4, -0.2) is 17.1 Å². The minimum Gasteiger partial charge on any atom is -0.480 e. The Bertz CT molecular complexity index is 536. The van der Waals surface area contributed by atoms with Crippen molar-refractivity contribution in [1.29, 1.82) is 0 Å². The summed E-state index contributed by atoms with van der Waals surface area (Å²) in [5.74, 6) is -0.809. The molecule has 0 aliphatic rings.